The third kappa shape index (κ3) is 4.06. The van der Waals surface area contributed by atoms with Crippen LogP contribution >= 0.6 is 11.6 Å². The minimum absolute atomic E-state index is 0.269. The lowest BCUT2D eigenvalue weighted by Gasteiger charge is -2.31. The first-order chi connectivity index (χ1) is 14.4. The van der Waals surface area contributed by atoms with Crippen molar-refractivity contribution in [2.75, 3.05) is 11.4 Å². The summed E-state index contributed by atoms with van der Waals surface area (Å²) in [4.78, 5) is 26.7. The van der Waals surface area contributed by atoms with Crippen LogP contribution in [0.2, 0.25) is 5.02 Å². The molecule has 3 rings (SSSR count). The molecule has 2 unspecified atom stereocenters. The molecule has 0 saturated heterocycles. The number of nitrogens with one attached hydrogen (secondary N) is 2. The van der Waals surface area contributed by atoms with Crippen LogP contribution in [-0.4, -0.2) is 35.6 Å². The van der Waals surface area contributed by atoms with Gasteiger partial charge in [0.15, 0.2) is 0 Å². The first-order valence-corrected chi connectivity index (χ1v) is 9.51. The number of carbonyl (C=O) groups excluding carboxylic acids is 2. The van der Waals surface area contributed by atoms with Crippen LogP contribution in [0.25, 0.3) is 0 Å². The second-order valence-corrected chi connectivity index (χ2v) is 7.18. The van der Waals surface area contributed by atoms with Gasteiger partial charge in [0.2, 0.25) is 0 Å². The van der Waals surface area contributed by atoms with Crippen molar-refractivity contribution in [1.82, 2.24) is 10.9 Å². The Morgan fingerprint density at radius 3 is 2.43 bits per heavy atom. The quantitative estimate of drug-likeness (QED) is 0.641. The summed E-state index contributed by atoms with van der Waals surface area (Å²) < 4.78 is 0. The van der Waals surface area contributed by atoms with E-state index in [1.54, 1.807) is 17.0 Å². The van der Waals surface area contributed by atoms with Crippen LogP contribution in [0.15, 0.2) is 36.4 Å². The standard InChI is InChI=1S/C21H18ClN5O3/c1-12(28)19(27-9-8-16-17(27)7-6-15(11-24)18(16)22)21(30)26-25-20(29)14-4-2-13(10-23)3-5-14/h2-7,12,19,28H,8-9H2,1H3,(H,25,29)(H,26,30). The highest BCUT2D eigenvalue weighted by Gasteiger charge is 2.35. The van der Waals surface area contributed by atoms with Crippen LogP contribution in [0, 0.1) is 22.7 Å². The Morgan fingerprint density at radius 2 is 1.83 bits per heavy atom. The summed E-state index contributed by atoms with van der Waals surface area (Å²) in [7, 11) is 0. The molecule has 0 fully saturated rings. The van der Waals surface area contributed by atoms with Crippen molar-refractivity contribution in [2.45, 2.75) is 25.5 Å². The number of carbonyl (C=O) groups is 2. The Morgan fingerprint density at radius 1 is 1.13 bits per heavy atom. The Kier molecular flexibility index (Phi) is 6.22. The Hall–Kier alpha value is -3.59. The van der Waals surface area contributed by atoms with Gasteiger partial charge in [0.05, 0.1) is 28.3 Å². The lowest BCUT2D eigenvalue weighted by Crippen LogP contribution is -2.56. The topological polar surface area (TPSA) is 129 Å². The van der Waals surface area contributed by atoms with E-state index < -0.39 is 24.0 Å². The molecule has 2 amide bonds. The normalized spacial score (nSPS) is 14.1. The van der Waals surface area contributed by atoms with E-state index in [1.165, 1.54) is 31.2 Å². The molecular formula is C21H18ClN5O3. The van der Waals surface area contributed by atoms with E-state index in [-0.39, 0.29) is 5.56 Å². The molecule has 0 bridgehead atoms. The molecule has 30 heavy (non-hydrogen) atoms. The highest BCUT2D eigenvalue weighted by molar-refractivity contribution is 6.33. The van der Waals surface area contributed by atoms with Crippen LogP contribution in [0.1, 0.15) is 34.0 Å². The number of rotatable bonds is 4. The molecule has 1 heterocycles. The maximum Gasteiger partial charge on any atom is 0.269 e. The molecule has 2 atom stereocenters. The first-order valence-electron chi connectivity index (χ1n) is 9.14. The SMILES string of the molecule is CC(O)C(C(=O)NNC(=O)c1ccc(C#N)cc1)N1CCc2c1ccc(C#N)c2Cl. The minimum atomic E-state index is -1.04. The molecule has 2 aromatic carbocycles. The van der Waals surface area contributed by atoms with Crippen LogP contribution < -0.4 is 15.8 Å². The number of hydrogen-bond donors (Lipinski definition) is 3. The summed E-state index contributed by atoms with van der Waals surface area (Å²) in [6.07, 6.45) is -0.519. The second-order valence-electron chi connectivity index (χ2n) is 6.80. The molecular weight excluding hydrogens is 406 g/mol. The van der Waals surface area contributed by atoms with E-state index in [1.807, 2.05) is 12.1 Å². The van der Waals surface area contributed by atoms with Crippen LogP contribution in [0.4, 0.5) is 5.69 Å². The van der Waals surface area contributed by atoms with Crippen molar-refractivity contribution in [2.24, 2.45) is 0 Å². The van der Waals surface area contributed by atoms with Crippen molar-refractivity contribution in [3.8, 4) is 12.1 Å². The maximum absolute atomic E-state index is 12.8. The van der Waals surface area contributed by atoms with E-state index in [4.69, 9.17) is 22.1 Å². The van der Waals surface area contributed by atoms with E-state index in [2.05, 4.69) is 10.9 Å². The molecule has 3 N–H and O–H groups in total. The zero-order valence-corrected chi connectivity index (χ0v) is 16.8. The Bertz CT molecular complexity index is 1070. The monoisotopic (exact) mass is 423 g/mol. The first kappa shape index (κ1) is 21.1. The minimum Gasteiger partial charge on any atom is -0.391 e. The van der Waals surface area contributed by atoms with Crippen molar-refractivity contribution < 1.29 is 14.7 Å². The van der Waals surface area contributed by atoms with Crippen LogP contribution in [0.3, 0.4) is 0 Å². The Balaban J connectivity index is 1.74. The van der Waals surface area contributed by atoms with E-state index in [0.29, 0.717) is 34.8 Å². The molecule has 0 spiro atoms. The molecule has 0 aromatic heterocycles. The van der Waals surface area contributed by atoms with Gasteiger partial charge in [0.1, 0.15) is 12.1 Å². The Labute approximate surface area is 178 Å². The summed E-state index contributed by atoms with van der Waals surface area (Å²) in [5, 5.41) is 28.5. The summed E-state index contributed by atoms with van der Waals surface area (Å²) in [5.74, 6) is -1.15. The highest BCUT2D eigenvalue weighted by atomic mass is 35.5. The molecule has 1 aliphatic heterocycles. The van der Waals surface area contributed by atoms with Gasteiger partial charge in [-0.3, -0.25) is 20.4 Å². The molecule has 8 nitrogen and oxygen atoms in total. The predicted molar refractivity (Wildman–Crippen MR) is 109 cm³/mol. The number of halogens is 1. The van der Waals surface area contributed by atoms with Gasteiger partial charge in [0.25, 0.3) is 11.8 Å². The molecule has 0 radical (unpaired) electrons. The number of fused-ring (bicyclic) bond motifs is 1. The van der Waals surface area contributed by atoms with Crippen molar-refractivity contribution >= 4 is 29.1 Å². The number of hydrazine groups is 1. The van der Waals surface area contributed by atoms with E-state index in [0.717, 1.165) is 5.56 Å². The third-order valence-electron chi connectivity index (χ3n) is 4.89. The van der Waals surface area contributed by atoms with E-state index in [9.17, 15) is 14.7 Å². The summed E-state index contributed by atoms with van der Waals surface area (Å²) in [6, 6.07) is 12.2. The second kappa shape index (κ2) is 8.83. The molecule has 2 aromatic rings. The molecule has 1 aliphatic rings. The van der Waals surface area contributed by atoms with Crippen molar-refractivity contribution in [3.05, 3.63) is 63.7 Å². The fourth-order valence-corrected chi connectivity index (χ4v) is 3.72. The number of aliphatic hydroxyl groups excluding tert-OH is 1. The molecule has 0 saturated carbocycles. The zero-order valence-electron chi connectivity index (χ0n) is 16.0. The van der Waals surface area contributed by atoms with Gasteiger partial charge >= 0.3 is 0 Å². The highest BCUT2D eigenvalue weighted by Crippen LogP contribution is 2.37. The number of aliphatic hydroxyl groups is 1. The van der Waals surface area contributed by atoms with Crippen molar-refractivity contribution in [1.29, 1.82) is 10.5 Å². The maximum atomic E-state index is 12.8. The largest absolute Gasteiger partial charge is 0.391 e. The third-order valence-corrected chi connectivity index (χ3v) is 5.32. The van der Waals surface area contributed by atoms with Gasteiger partial charge < -0.3 is 10.0 Å². The van der Waals surface area contributed by atoms with Gasteiger partial charge in [-0.25, -0.2) is 0 Å². The molecule has 152 valence electrons. The summed E-state index contributed by atoms with van der Waals surface area (Å²) in [6.45, 7) is 1.91. The zero-order chi connectivity index (χ0) is 21.8. The predicted octanol–water partition coefficient (Wildman–Crippen LogP) is 1.66. The number of hydrogen-bond acceptors (Lipinski definition) is 6. The lowest BCUT2D eigenvalue weighted by atomic mass is 10.1. The number of nitrogens with zero attached hydrogens (tertiary/aromatic N) is 3. The number of anilines is 1. The number of nitriles is 2. The molecule has 0 aliphatic carbocycles. The summed E-state index contributed by atoms with van der Waals surface area (Å²) in [5.41, 5.74) is 7.11. The van der Waals surface area contributed by atoms with E-state index >= 15 is 0 Å². The fourth-order valence-electron chi connectivity index (χ4n) is 3.43. The van der Waals surface area contributed by atoms with Gasteiger partial charge in [-0.15, -0.1) is 0 Å². The molecule has 9 heteroatoms. The average Bonchev–Trinajstić information content (AvgIpc) is 3.16. The number of benzene rings is 2. The number of amides is 2. The fraction of sp³-hybridized carbons (Fsp3) is 0.238. The average molecular weight is 424 g/mol. The van der Waals surface area contributed by atoms with Crippen LogP contribution in [0.5, 0.6) is 0 Å². The lowest BCUT2D eigenvalue weighted by molar-refractivity contribution is -0.125. The van der Waals surface area contributed by atoms with Gasteiger partial charge in [-0.05, 0) is 55.3 Å². The smallest absolute Gasteiger partial charge is 0.269 e. The van der Waals surface area contributed by atoms with Gasteiger partial charge in [0, 0.05) is 17.8 Å². The summed E-state index contributed by atoms with van der Waals surface area (Å²) >= 11 is 6.29. The van der Waals surface area contributed by atoms with Gasteiger partial charge in [-0.1, -0.05) is 11.6 Å². The van der Waals surface area contributed by atoms with Gasteiger partial charge in [-0.2, -0.15) is 10.5 Å². The van der Waals surface area contributed by atoms with Crippen LogP contribution in [-0.2, 0) is 11.2 Å². The van der Waals surface area contributed by atoms with Crippen molar-refractivity contribution in [3.63, 3.8) is 0 Å².